The second kappa shape index (κ2) is 7.41. The van der Waals surface area contributed by atoms with E-state index in [-0.39, 0.29) is 5.56 Å². The summed E-state index contributed by atoms with van der Waals surface area (Å²) >= 11 is 0. The van der Waals surface area contributed by atoms with E-state index in [4.69, 9.17) is 9.84 Å². The maximum absolute atomic E-state index is 11.3. The Morgan fingerprint density at radius 1 is 1.12 bits per heavy atom. The Balaban J connectivity index is 2.28. The van der Waals surface area contributed by atoms with Crippen molar-refractivity contribution >= 4 is 24.2 Å². The Labute approximate surface area is 139 Å². The maximum Gasteiger partial charge on any atom is 0.412 e. The van der Waals surface area contributed by atoms with Gasteiger partial charge in [0.05, 0.1) is 5.56 Å². The van der Waals surface area contributed by atoms with Crippen LogP contribution in [0, 0.1) is 13.8 Å². The molecule has 0 fully saturated rings. The fraction of sp³-hybridized carbons (Fsp3) is 0.167. The largest absolute Gasteiger partial charge is 0.478 e. The Morgan fingerprint density at radius 3 is 2.38 bits per heavy atom. The van der Waals surface area contributed by atoms with Crippen molar-refractivity contribution in [1.29, 1.82) is 0 Å². The molecule has 0 aliphatic heterocycles. The lowest BCUT2D eigenvalue weighted by Crippen LogP contribution is -2.22. The molecule has 0 spiro atoms. The number of aryl methyl sites for hydroxylation is 2. The molecule has 1 amide bonds. The summed E-state index contributed by atoms with van der Waals surface area (Å²) in [6.07, 6.45) is 6.07. The summed E-state index contributed by atoms with van der Waals surface area (Å²) in [6.45, 7) is 3.82. The lowest BCUT2D eigenvalue weighted by atomic mass is 10.0. The van der Waals surface area contributed by atoms with E-state index < -0.39 is 12.1 Å². The fourth-order valence-electron chi connectivity index (χ4n) is 2.26. The third-order valence-corrected chi connectivity index (χ3v) is 3.43. The lowest BCUT2D eigenvalue weighted by molar-refractivity contribution is 0.0696. The number of hydrogen-bond donors (Lipinski definition) is 2. The summed E-state index contributed by atoms with van der Waals surface area (Å²) in [5.41, 5.74) is 3.68. The van der Waals surface area contributed by atoms with Crippen molar-refractivity contribution in [3.05, 3.63) is 58.4 Å². The molecule has 0 saturated heterocycles. The quantitative estimate of drug-likeness (QED) is 0.900. The molecule has 2 N–H and O–H groups in total. The van der Waals surface area contributed by atoms with E-state index >= 15 is 0 Å². The third-order valence-electron chi connectivity index (χ3n) is 3.43. The van der Waals surface area contributed by atoms with Gasteiger partial charge in [-0.05, 0) is 54.3 Å². The number of nitrogens with one attached hydrogen (secondary N) is 1. The molecule has 0 aliphatic rings. The molecule has 0 unspecified atom stereocenters. The highest BCUT2D eigenvalue weighted by Gasteiger charge is 2.07. The molecule has 0 atom stereocenters. The lowest BCUT2D eigenvalue weighted by Gasteiger charge is -2.10. The molecule has 2 aromatic rings. The number of ether oxygens (including phenoxy) is 1. The van der Waals surface area contributed by atoms with Gasteiger partial charge < -0.3 is 15.2 Å². The fourth-order valence-corrected chi connectivity index (χ4v) is 2.26. The number of carboxylic acid groups (broad SMARTS) is 1. The van der Waals surface area contributed by atoms with E-state index in [1.807, 2.05) is 19.9 Å². The predicted octanol–water partition coefficient (Wildman–Crippen LogP) is 3.29. The standard InChI is InChI=1S/C18H18N2O4/c1-11-6-15(24-18(23)19-3)7-12(2)16(11)5-4-13-8-14(17(21)22)10-20-9-13/h4-10H,1-3H3,(H,19,23)(H,21,22)/b5-4+. The monoisotopic (exact) mass is 326 g/mol. The number of carbonyl (C=O) groups excluding carboxylic acids is 1. The molecule has 1 aromatic heterocycles. The highest BCUT2D eigenvalue weighted by Crippen LogP contribution is 2.24. The van der Waals surface area contributed by atoms with Crippen LogP contribution >= 0.6 is 0 Å². The van der Waals surface area contributed by atoms with Gasteiger partial charge in [0.1, 0.15) is 5.75 Å². The molecular weight excluding hydrogens is 308 g/mol. The van der Waals surface area contributed by atoms with Crippen LogP contribution in [0.2, 0.25) is 0 Å². The van der Waals surface area contributed by atoms with Gasteiger partial charge in [0.25, 0.3) is 0 Å². The minimum Gasteiger partial charge on any atom is -0.478 e. The molecule has 0 bridgehead atoms. The van der Waals surface area contributed by atoms with E-state index in [0.29, 0.717) is 11.3 Å². The predicted molar refractivity (Wildman–Crippen MR) is 91.1 cm³/mol. The molecule has 6 heteroatoms. The number of nitrogens with zero attached hydrogens (tertiary/aromatic N) is 1. The summed E-state index contributed by atoms with van der Waals surface area (Å²) in [4.78, 5) is 26.2. The highest BCUT2D eigenvalue weighted by molar-refractivity contribution is 5.88. The van der Waals surface area contributed by atoms with Gasteiger partial charge in [-0.15, -0.1) is 0 Å². The Bertz CT molecular complexity index is 789. The molecule has 124 valence electrons. The van der Waals surface area contributed by atoms with E-state index in [9.17, 15) is 9.59 Å². The zero-order valence-corrected chi connectivity index (χ0v) is 13.7. The molecule has 24 heavy (non-hydrogen) atoms. The SMILES string of the molecule is CNC(=O)Oc1cc(C)c(/C=C/c2cncc(C(=O)O)c2)c(C)c1. The molecule has 0 radical (unpaired) electrons. The van der Waals surface area contributed by atoms with Crippen molar-refractivity contribution in [2.75, 3.05) is 7.05 Å². The van der Waals surface area contributed by atoms with Crippen LogP contribution in [0.25, 0.3) is 12.2 Å². The van der Waals surface area contributed by atoms with Crippen molar-refractivity contribution in [3.8, 4) is 5.75 Å². The Morgan fingerprint density at radius 2 is 1.79 bits per heavy atom. The summed E-state index contributed by atoms with van der Waals surface area (Å²) < 4.78 is 5.14. The summed E-state index contributed by atoms with van der Waals surface area (Å²) in [5, 5.41) is 11.4. The van der Waals surface area contributed by atoms with Crippen molar-refractivity contribution < 1.29 is 19.4 Å². The summed E-state index contributed by atoms with van der Waals surface area (Å²) in [5.74, 6) is -0.545. The average Bonchev–Trinajstić information content (AvgIpc) is 2.54. The maximum atomic E-state index is 11.3. The van der Waals surface area contributed by atoms with Crippen molar-refractivity contribution in [2.45, 2.75) is 13.8 Å². The highest BCUT2D eigenvalue weighted by atomic mass is 16.5. The van der Waals surface area contributed by atoms with Crippen molar-refractivity contribution in [2.24, 2.45) is 0 Å². The van der Waals surface area contributed by atoms with Crippen molar-refractivity contribution in [1.82, 2.24) is 10.3 Å². The Kier molecular flexibility index (Phi) is 5.31. The number of carbonyl (C=O) groups is 2. The van der Waals surface area contributed by atoms with Gasteiger partial charge >= 0.3 is 12.1 Å². The van der Waals surface area contributed by atoms with Crippen LogP contribution < -0.4 is 10.1 Å². The van der Waals surface area contributed by atoms with Gasteiger partial charge in [0.15, 0.2) is 0 Å². The van der Waals surface area contributed by atoms with Crippen LogP contribution in [0.1, 0.15) is 32.6 Å². The van der Waals surface area contributed by atoms with Gasteiger partial charge in [0.2, 0.25) is 0 Å². The minimum atomic E-state index is -1.01. The molecule has 0 aliphatic carbocycles. The van der Waals surface area contributed by atoms with E-state index in [0.717, 1.165) is 16.7 Å². The second-order valence-electron chi connectivity index (χ2n) is 5.26. The van der Waals surface area contributed by atoms with E-state index in [1.165, 1.54) is 13.2 Å². The number of pyridine rings is 1. The topological polar surface area (TPSA) is 88.5 Å². The second-order valence-corrected chi connectivity index (χ2v) is 5.26. The third kappa shape index (κ3) is 4.19. The normalized spacial score (nSPS) is 10.6. The van der Waals surface area contributed by atoms with Crippen LogP contribution in [0.3, 0.4) is 0 Å². The minimum absolute atomic E-state index is 0.139. The van der Waals surface area contributed by atoms with Gasteiger partial charge in [-0.25, -0.2) is 9.59 Å². The molecular formula is C18H18N2O4. The van der Waals surface area contributed by atoms with Crippen LogP contribution in [0.15, 0.2) is 30.6 Å². The number of hydrogen-bond acceptors (Lipinski definition) is 4. The number of amides is 1. The molecule has 1 heterocycles. The van der Waals surface area contributed by atoms with Crippen molar-refractivity contribution in [3.63, 3.8) is 0 Å². The number of carboxylic acids is 1. The van der Waals surface area contributed by atoms with Crippen LogP contribution in [0.4, 0.5) is 4.79 Å². The van der Waals surface area contributed by atoms with Crippen LogP contribution in [-0.4, -0.2) is 29.2 Å². The smallest absolute Gasteiger partial charge is 0.412 e. The Hall–Kier alpha value is -3.15. The number of aromatic nitrogens is 1. The zero-order chi connectivity index (χ0) is 17.7. The number of benzene rings is 1. The first-order valence-corrected chi connectivity index (χ1v) is 7.28. The van der Waals surface area contributed by atoms with Gasteiger partial charge in [-0.1, -0.05) is 12.2 Å². The number of rotatable bonds is 4. The zero-order valence-electron chi connectivity index (χ0n) is 13.7. The molecule has 6 nitrogen and oxygen atoms in total. The first kappa shape index (κ1) is 17.2. The van der Waals surface area contributed by atoms with Gasteiger partial charge in [0, 0.05) is 19.4 Å². The van der Waals surface area contributed by atoms with Gasteiger partial charge in [-0.3, -0.25) is 4.98 Å². The van der Waals surface area contributed by atoms with E-state index in [2.05, 4.69) is 10.3 Å². The molecule has 1 aromatic carbocycles. The van der Waals surface area contributed by atoms with Crippen LogP contribution in [0.5, 0.6) is 5.75 Å². The molecule has 0 saturated carbocycles. The first-order chi connectivity index (χ1) is 11.4. The number of aromatic carboxylic acids is 1. The average molecular weight is 326 g/mol. The first-order valence-electron chi connectivity index (χ1n) is 7.28. The molecule has 2 rings (SSSR count). The van der Waals surface area contributed by atoms with E-state index in [1.54, 1.807) is 30.5 Å². The van der Waals surface area contributed by atoms with Gasteiger partial charge in [-0.2, -0.15) is 0 Å². The summed E-state index contributed by atoms with van der Waals surface area (Å²) in [6, 6.07) is 5.10. The summed E-state index contributed by atoms with van der Waals surface area (Å²) in [7, 11) is 1.50. The van der Waals surface area contributed by atoms with Crippen LogP contribution in [-0.2, 0) is 0 Å².